The molecule has 0 unspecified atom stereocenters. The predicted octanol–water partition coefficient (Wildman–Crippen LogP) is 5.39. The van der Waals surface area contributed by atoms with Crippen LogP contribution in [0.2, 0.25) is 0 Å². The molecule has 0 radical (unpaired) electrons. The van der Waals surface area contributed by atoms with Gasteiger partial charge in [-0.15, -0.1) is 0 Å². The summed E-state index contributed by atoms with van der Waals surface area (Å²) < 4.78 is 148. The number of alkyl halides is 9. The van der Waals surface area contributed by atoms with Crippen molar-refractivity contribution in [2.24, 2.45) is 0 Å². The van der Waals surface area contributed by atoms with Gasteiger partial charge in [-0.1, -0.05) is 0 Å². The zero-order chi connectivity index (χ0) is 24.4. The summed E-state index contributed by atoms with van der Waals surface area (Å²) in [7, 11) is -4.82. The van der Waals surface area contributed by atoms with Crippen LogP contribution in [0, 0.1) is 0 Å². The summed E-state index contributed by atoms with van der Waals surface area (Å²) in [6.07, 6.45) is -14.4. The van der Waals surface area contributed by atoms with E-state index < -0.39 is 69.4 Å². The van der Waals surface area contributed by atoms with Gasteiger partial charge in [0.05, 0.1) is 5.56 Å². The molecule has 0 saturated heterocycles. The van der Waals surface area contributed by atoms with Crippen LogP contribution in [0.1, 0.15) is 5.56 Å². The smallest absolute Gasteiger partial charge is 0.422 e. The number of nitrogens with one attached hydrogen (secondary N) is 1. The fourth-order valence-corrected chi connectivity index (χ4v) is 3.39. The van der Waals surface area contributed by atoms with Crippen LogP contribution in [0.25, 0.3) is 0 Å². The van der Waals surface area contributed by atoms with Gasteiger partial charge < -0.3 is 9.47 Å². The van der Waals surface area contributed by atoms with E-state index in [2.05, 4.69) is 9.47 Å². The molecule has 0 aliphatic carbocycles. The minimum absolute atomic E-state index is 0.401. The SMILES string of the molecule is O=S(=O)(Nc1ccc(C(F)(F)F)cc1)c1cc(OCC(F)(F)F)ccc1OCC(F)(F)F. The van der Waals surface area contributed by atoms with Crippen LogP contribution in [0.3, 0.4) is 0 Å². The van der Waals surface area contributed by atoms with Gasteiger partial charge >= 0.3 is 18.5 Å². The van der Waals surface area contributed by atoms with Crippen molar-refractivity contribution in [1.29, 1.82) is 0 Å². The van der Waals surface area contributed by atoms with Crippen molar-refractivity contribution < 1.29 is 57.4 Å². The Morgan fingerprint density at radius 3 is 1.78 bits per heavy atom. The van der Waals surface area contributed by atoms with Gasteiger partial charge in [-0.2, -0.15) is 39.5 Å². The van der Waals surface area contributed by atoms with Crippen LogP contribution >= 0.6 is 0 Å². The molecule has 0 aliphatic rings. The summed E-state index contributed by atoms with van der Waals surface area (Å²) in [6.45, 7) is -3.74. The summed E-state index contributed by atoms with van der Waals surface area (Å²) in [5, 5.41) is 0. The largest absolute Gasteiger partial charge is 0.484 e. The van der Waals surface area contributed by atoms with Gasteiger partial charge in [0.15, 0.2) is 13.2 Å². The highest BCUT2D eigenvalue weighted by atomic mass is 32.2. The van der Waals surface area contributed by atoms with Gasteiger partial charge in [-0.25, -0.2) is 8.42 Å². The lowest BCUT2D eigenvalue weighted by molar-refractivity contribution is -0.154. The van der Waals surface area contributed by atoms with Crippen LogP contribution in [0.4, 0.5) is 45.2 Å². The van der Waals surface area contributed by atoms with Crippen LogP contribution < -0.4 is 14.2 Å². The summed E-state index contributed by atoms with van der Waals surface area (Å²) in [5.74, 6) is -1.53. The van der Waals surface area contributed by atoms with E-state index in [9.17, 15) is 47.9 Å². The molecule has 5 nitrogen and oxygen atoms in total. The fraction of sp³-hybridized carbons (Fsp3) is 0.294. The van der Waals surface area contributed by atoms with Gasteiger partial charge in [0, 0.05) is 11.8 Å². The Hall–Kier alpha value is -2.84. The van der Waals surface area contributed by atoms with Crippen LogP contribution in [-0.4, -0.2) is 34.0 Å². The van der Waals surface area contributed by atoms with Gasteiger partial charge in [0.1, 0.15) is 16.4 Å². The van der Waals surface area contributed by atoms with E-state index in [4.69, 9.17) is 0 Å². The van der Waals surface area contributed by atoms with Gasteiger partial charge in [-0.3, -0.25) is 4.72 Å². The average molecular weight is 497 g/mol. The van der Waals surface area contributed by atoms with Crippen molar-refractivity contribution in [3.8, 4) is 11.5 Å². The number of anilines is 1. The molecule has 0 aromatic heterocycles. The zero-order valence-electron chi connectivity index (χ0n) is 15.4. The third-order valence-electron chi connectivity index (χ3n) is 3.46. The first-order valence-corrected chi connectivity index (χ1v) is 9.68. The lowest BCUT2D eigenvalue weighted by Crippen LogP contribution is -2.22. The van der Waals surface area contributed by atoms with Gasteiger partial charge in [0.2, 0.25) is 0 Å². The third kappa shape index (κ3) is 7.69. The highest BCUT2D eigenvalue weighted by molar-refractivity contribution is 7.92. The monoisotopic (exact) mass is 497 g/mol. The molecule has 15 heteroatoms. The third-order valence-corrected chi connectivity index (χ3v) is 4.87. The Morgan fingerprint density at radius 1 is 0.750 bits per heavy atom. The van der Waals surface area contributed by atoms with Crippen molar-refractivity contribution in [3.05, 3.63) is 48.0 Å². The summed E-state index contributed by atoms with van der Waals surface area (Å²) in [6, 6.07) is 4.46. The number of benzene rings is 2. The first kappa shape index (κ1) is 25.4. The van der Waals surface area contributed by atoms with Crippen LogP contribution in [0.5, 0.6) is 11.5 Å². The fourth-order valence-electron chi connectivity index (χ4n) is 2.17. The molecule has 32 heavy (non-hydrogen) atoms. The molecular formula is C17H12F9NO4S. The molecule has 0 fully saturated rings. The van der Waals surface area contributed by atoms with E-state index in [0.29, 0.717) is 24.3 Å². The molecule has 0 saturated carbocycles. The second kappa shape index (κ2) is 8.96. The first-order chi connectivity index (χ1) is 14.5. The Labute approximate surface area is 174 Å². The van der Waals surface area contributed by atoms with E-state index in [1.165, 1.54) is 0 Å². The lowest BCUT2D eigenvalue weighted by Gasteiger charge is -2.16. The summed E-state index contributed by atoms with van der Waals surface area (Å²) in [5.41, 5.74) is -1.50. The van der Waals surface area contributed by atoms with Gasteiger partial charge in [-0.05, 0) is 36.4 Å². The standard InChI is InChI=1S/C17H12F9NO4S/c18-15(19,20)8-30-12-5-6-13(31-9-16(21,22)23)14(7-12)32(28,29)27-11-3-1-10(2-4-11)17(24,25)26/h1-7,27H,8-9H2. The highest BCUT2D eigenvalue weighted by Crippen LogP contribution is 2.33. The predicted molar refractivity (Wildman–Crippen MR) is 91.8 cm³/mol. The Kier molecular flexibility index (Phi) is 7.11. The maximum atomic E-state index is 12.6. The first-order valence-electron chi connectivity index (χ1n) is 8.19. The van der Waals surface area contributed by atoms with E-state index in [0.717, 1.165) is 18.2 Å². The quantitative estimate of drug-likeness (QED) is 0.522. The normalized spacial score (nSPS) is 13.0. The number of halogens is 9. The maximum Gasteiger partial charge on any atom is 0.422 e. The number of sulfonamides is 1. The van der Waals surface area contributed by atoms with E-state index >= 15 is 0 Å². The zero-order valence-corrected chi connectivity index (χ0v) is 16.2. The molecule has 178 valence electrons. The molecular weight excluding hydrogens is 485 g/mol. The van der Waals surface area contributed by atoms with E-state index in [1.807, 2.05) is 4.72 Å². The minimum Gasteiger partial charge on any atom is -0.484 e. The topological polar surface area (TPSA) is 64.6 Å². The summed E-state index contributed by atoms with van der Waals surface area (Å²) in [4.78, 5) is -1.03. The molecule has 2 aromatic rings. The molecule has 0 spiro atoms. The Morgan fingerprint density at radius 2 is 1.28 bits per heavy atom. The maximum absolute atomic E-state index is 12.6. The molecule has 0 aliphatic heterocycles. The van der Waals surface area contributed by atoms with Crippen LogP contribution in [-0.2, 0) is 16.2 Å². The molecule has 2 rings (SSSR count). The van der Waals surface area contributed by atoms with E-state index in [1.54, 1.807) is 0 Å². The van der Waals surface area contributed by atoms with Crippen LogP contribution in [0.15, 0.2) is 47.4 Å². The highest BCUT2D eigenvalue weighted by Gasteiger charge is 2.32. The number of ether oxygens (including phenoxy) is 2. The number of rotatable bonds is 7. The molecule has 1 N–H and O–H groups in total. The van der Waals surface area contributed by atoms with Gasteiger partial charge in [0.25, 0.3) is 10.0 Å². The van der Waals surface area contributed by atoms with Crippen molar-refractivity contribution in [3.63, 3.8) is 0 Å². The molecule has 0 heterocycles. The van der Waals surface area contributed by atoms with Crippen molar-refractivity contribution in [2.45, 2.75) is 23.4 Å². The van der Waals surface area contributed by atoms with Crippen molar-refractivity contribution >= 4 is 15.7 Å². The molecule has 0 atom stereocenters. The second-order valence-corrected chi connectivity index (χ2v) is 7.75. The van der Waals surface area contributed by atoms with Crippen molar-refractivity contribution in [2.75, 3.05) is 17.9 Å². The Bertz CT molecular complexity index is 1030. The molecule has 0 amide bonds. The minimum atomic E-state index is -4.87. The van der Waals surface area contributed by atoms with E-state index in [-0.39, 0.29) is 0 Å². The number of hydrogen-bond acceptors (Lipinski definition) is 4. The van der Waals surface area contributed by atoms with Crippen molar-refractivity contribution in [1.82, 2.24) is 0 Å². The lowest BCUT2D eigenvalue weighted by atomic mass is 10.2. The summed E-state index contributed by atoms with van der Waals surface area (Å²) >= 11 is 0. The second-order valence-electron chi connectivity index (χ2n) is 6.10. The molecule has 2 aromatic carbocycles. The molecule has 0 bridgehead atoms. The Balaban J connectivity index is 2.38. The number of hydrogen-bond donors (Lipinski definition) is 1. The average Bonchev–Trinajstić information content (AvgIpc) is 2.63.